The summed E-state index contributed by atoms with van der Waals surface area (Å²) < 4.78 is 0. The molecule has 1 aliphatic carbocycles. The van der Waals surface area contributed by atoms with E-state index in [0.29, 0.717) is 5.41 Å². The van der Waals surface area contributed by atoms with Crippen LogP contribution >= 0.6 is 0 Å². The third kappa shape index (κ3) is 2.10. The van der Waals surface area contributed by atoms with E-state index in [4.69, 9.17) is 0 Å². The minimum Gasteiger partial charge on any atom is -0.103 e. The molecule has 0 saturated heterocycles. The molecule has 0 spiro atoms. The molecule has 0 fully saturated rings. The fourth-order valence-electron chi connectivity index (χ4n) is 1.28. The quantitative estimate of drug-likeness (QED) is 0.425. The Hall–Kier alpha value is -0.780. The highest BCUT2D eigenvalue weighted by atomic mass is 14.4. The maximum absolute atomic E-state index is 3.69. The van der Waals surface area contributed by atoms with Crippen molar-refractivity contribution in [3.05, 3.63) is 36.5 Å². The van der Waals surface area contributed by atoms with Crippen molar-refractivity contribution in [1.82, 2.24) is 0 Å². The van der Waals surface area contributed by atoms with Gasteiger partial charge in [-0.2, -0.15) is 0 Å². The molecule has 1 aliphatic rings. The van der Waals surface area contributed by atoms with Gasteiger partial charge >= 0.3 is 0 Å². The largest absolute Gasteiger partial charge is 0.103 e. The predicted molar refractivity (Wildman–Crippen MR) is 55.1 cm³/mol. The molecule has 1 atom stereocenters. The van der Waals surface area contributed by atoms with Crippen molar-refractivity contribution in [2.24, 2.45) is 5.41 Å². The summed E-state index contributed by atoms with van der Waals surface area (Å²) in [5.41, 5.74) is 1.94. The monoisotopic (exact) mass is 162 g/mol. The van der Waals surface area contributed by atoms with Crippen LogP contribution in [0.5, 0.6) is 0 Å². The molecular formula is C12H18. The van der Waals surface area contributed by atoms with Gasteiger partial charge in [0.15, 0.2) is 0 Å². The van der Waals surface area contributed by atoms with Gasteiger partial charge in [-0.25, -0.2) is 0 Å². The van der Waals surface area contributed by atoms with Gasteiger partial charge in [-0.3, -0.25) is 0 Å². The Bertz CT molecular complexity index is 220. The van der Waals surface area contributed by atoms with E-state index in [2.05, 4.69) is 38.7 Å². The lowest BCUT2D eigenvalue weighted by Crippen LogP contribution is -1.93. The third-order valence-electron chi connectivity index (χ3n) is 2.62. The lowest BCUT2D eigenvalue weighted by Gasteiger charge is -2.04. The maximum Gasteiger partial charge on any atom is 0.0104 e. The zero-order valence-corrected chi connectivity index (χ0v) is 8.14. The molecule has 66 valence electrons. The average molecular weight is 162 g/mol. The summed E-state index contributed by atoms with van der Waals surface area (Å²) in [6.07, 6.45) is 12.3. The Kier molecular flexibility index (Phi) is 2.91. The second kappa shape index (κ2) is 3.75. The fourth-order valence-corrected chi connectivity index (χ4v) is 1.28. The van der Waals surface area contributed by atoms with Gasteiger partial charge in [0, 0.05) is 5.41 Å². The topological polar surface area (TPSA) is 0 Å². The van der Waals surface area contributed by atoms with Crippen LogP contribution in [0.3, 0.4) is 0 Å². The minimum absolute atomic E-state index is 0.435. The first kappa shape index (κ1) is 9.31. The summed E-state index contributed by atoms with van der Waals surface area (Å²) in [7, 11) is 0. The average Bonchev–Trinajstić information content (AvgIpc) is 2.73. The Morgan fingerprint density at radius 1 is 1.50 bits per heavy atom. The lowest BCUT2D eigenvalue weighted by molar-refractivity contribution is 0.599. The SMILES string of the molecule is C=CCCC=CC1=CC1(C)CC. The third-order valence-corrected chi connectivity index (χ3v) is 2.62. The molecule has 0 heteroatoms. The van der Waals surface area contributed by atoms with Crippen LogP contribution in [0.4, 0.5) is 0 Å². The van der Waals surface area contributed by atoms with E-state index in [1.807, 2.05) is 6.08 Å². The second-order valence-corrected chi connectivity index (χ2v) is 3.64. The van der Waals surface area contributed by atoms with E-state index in [1.54, 1.807) is 0 Å². The van der Waals surface area contributed by atoms with Crippen molar-refractivity contribution < 1.29 is 0 Å². The number of rotatable bonds is 5. The van der Waals surface area contributed by atoms with E-state index >= 15 is 0 Å². The minimum atomic E-state index is 0.435. The van der Waals surface area contributed by atoms with Gasteiger partial charge in [0.05, 0.1) is 0 Å². The van der Waals surface area contributed by atoms with Gasteiger partial charge in [-0.15, -0.1) is 6.58 Å². The summed E-state index contributed by atoms with van der Waals surface area (Å²) in [4.78, 5) is 0. The smallest absolute Gasteiger partial charge is 0.0104 e. The molecular weight excluding hydrogens is 144 g/mol. The van der Waals surface area contributed by atoms with Crippen molar-refractivity contribution >= 4 is 0 Å². The van der Waals surface area contributed by atoms with Crippen molar-refractivity contribution in [2.45, 2.75) is 33.1 Å². The van der Waals surface area contributed by atoms with Crippen LogP contribution in [-0.4, -0.2) is 0 Å². The van der Waals surface area contributed by atoms with Gasteiger partial charge in [-0.1, -0.05) is 38.2 Å². The second-order valence-electron chi connectivity index (χ2n) is 3.64. The highest BCUT2D eigenvalue weighted by molar-refractivity contribution is 5.45. The van der Waals surface area contributed by atoms with Crippen molar-refractivity contribution in [2.75, 3.05) is 0 Å². The molecule has 12 heavy (non-hydrogen) atoms. The standard InChI is InChI=1S/C12H18/c1-4-6-7-8-9-11-10-12(11,3)5-2/h4,8-10H,1,5-7H2,2-3H3. The van der Waals surface area contributed by atoms with Crippen molar-refractivity contribution in [3.63, 3.8) is 0 Å². The number of unbranched alkanes of at least 4 members (excludes halogenated alkanes) is 1. The maximum atomic E-state index is 3.69. The molecule has 0 aromatic rings. The summed E-state index contributed by atoms with van der Waals surface area (Å²) in [5, 5.41) is 0. The van der Waals surface area contributed by atoms with Crippen LogP contribution in [0, 0.1) is 5.41 Å². The highest BCUT2D eigenvalue weighted by Gasteiger charge is 2.34. The van der Waals surface area contributed by atoms with E-state index < -0.39 is 0 Å². The zero-order chi connectivity index (χ0) is 9.03. The molecule has 0 aromatic carbocycles. The Morgan fingerprint density at radius 3 is 2.75 bits per heavy atom. The van der Waals surface area contributed by atoms with Crippen LogP contribution in [-0.2, 0) is 0 Å². The molecule has 0 aromatic heterocycles. The van der Waals surface area contributed by atoms with Gasteiger partial charge < -0.3 is 0 Å². The molecule has 0 amide bonds. The molecule has 0 saturated carbocycles. The molecule has 0 radical (unpaired) electrons. The Morgan fingerprint density at radius 2 is 2.25 bits per heavy atom. The van der Waals surface area contributed by atoms with Crippen molar-refractivity contribution in [3.8, 4) is 0 Å². The first-order valence-electron chi connectivity index (χ1n) is 4.73. The number of allylic oxidation sites excluding steroid dienone is 5. The van der Waals surface area contributed by atoms with Crippen molar-refractivity contribution in [1.29, 1.82) is 0 Å². The fraction of sp³-hybridized carbons (Fsp3) is 0.500. The molecule has 1 unspecified atom stereocenters. The predicted octanol–water partition coefficient (Wildman–Crippen LogP) is 3.87. The summed E-state index contributed by atoms with van der Waals surface area (Å²) >= 11 is 0. The van der Waals surface area contributed by atoms with Crippen LogP contribution in [0.15, 0.2) is 36.5 Å². The highest BCUT2D eigenvalue weighted by Crippen LogP contribution is 2.47. The van der Waals surface area contributed by atoms with E-state index in [1.165, 1.54) is 12.0 Å². The Labute approximate surface area is 75.7 Å². The van der Waals surface area contributed by atoms with E-state index in [0.717, 1.165) is 12.8 Å². The van der Waals surface area contributed by atoms with Gasteiger partial charge in [-0.05, 0) is 24.8 Å². The van der Waals surface area contributed by atoms with E-state index in [-0.39, 0.29) is 0 Å². The molecule has 0 aliphatic heterocycles. The summed E-state index contributed by atoms with van der Waals surface area (Å²) in [5.74, 6) is 0. The zero-order valence-electron chi connectivity index (χ0n) is 8.14. The normalized spacial score (nSPS) is 27.3. The number of hydrogen-bond donors (Lipinski definition) is 0. The first-order chi connectivity index (χ1) is 5.73. The van der Waals surface area contributed by atoms with Gasteiger partial charge in [0.1, 0.15) is 0 Å². The van der Waals surface area contributed by atoms with Crippen LogP contribution in [0.1, 0.15) is 33.1 Å². The first-order valence-corrected chi connectivity index (χ1v) is 4.73. The van der Waals surface area contributed by atoms with E-state index in [9.17, 15) is 0 Å². The molecule has 0 heterocycles. The van der Waals surface area contributed by atoms with Crippen LogP contribution in [0.25, 0.3) is 0 Å². The molecule has 0 bridgehead atoms. The Balaban J connectivity index is 2.22. The number of hydrogen-bond acceptors (Lipinski definition) is 0. The summed E-state index contributed by atoms with van der Waals surface area (Å²) in [6.45, 7) is 8.22. The molecule has 0 nitrogen and oxygen atoms in total. The lowest BCUT2D eigenvalue weighted by atomic mass is 10.00. The van der Waals surface area contributed by atoms with Crippen LogP contribution in [0.2, 0.25) is 0 Å². The molecule has 0 N–H and O–H groups in total. The van der Waals surface area contributed by atoms with Gasteiger partial charge in [0.2, 0.25) is 0 Å². The van der Waals surface area contributed by atoms with Gasteiger partial charge in [0.25, 0.3) is 0 Å². The van der Waals surface area contributed by atoms with Crippen LogP contribution < -0.4 is 0 Å². The summed E-state index contributed by atoms with van der Waals surface area (Å²) in [6, 6.07) is 0. The molecule has 1 rings (SSSR count).